The van der Waals surface area contributed by atoms with Crippen molar-refractivity contribution in [3.05, 3.63) is 46.8 Å². The monoisotopic (exact) mass is 368 g/mol. The van der Waals surface area contributed by atoms with Gasteiger partial charge in [0.05, 0.1) is 12.7 Å². The van der Waals surface area contributed by atoms with Crippen LogP contribution >= 0.6 is 0 Å². The molecule has 2 aromatic rings. The molecule has 4 rings (SSSR count). The van der Waals surface area contributed by atoms with Crippen molar-refractivity contribution in [2.45, 2.75) is 38.7 Å². The maximum atomic E-state index is 12.6. The smallest absolute Gasteiger partial charge is 0.276 e. The number of ether oxygens (including phenoxy) is 1. The van der Waals surface area contributed by atoms with Crippen LogP contribution in [-0.4, -0.2) is 52.7 Å². The number of aryl methyl sites for hydroxylation is 1. The van der Waals surface area contributed by atoms with Gasteiger partial charge in [-0.15, -0.1) is 0 Å². The highest BCUT2D eigenvalue weighted by Crippen LogP contribution is 2.23. The topological polar surface area (TPSA) is 87.3 Å². The second kappa shape index (κ2) is 7.52. The number of benzene rings is 1. The standard InChI is InChI=1S/C20H24N4O3/c1-13-12-24(10-11-27-13)20(26)14-6-8-15(9-7-14)21-19(25)18-16-4-2-3-5-17(16)22-23-18/h6-9,13H,2-5,10-12H2,1H3,(H,21,25)(H,22,23). The molecule has 0 bridgehead atoms. The number of fused-ring (bicyclic) bond motifs is 1. The van der Waals surface area contributed by atoms with Gasteiger partial charge in [-0.25, -0.2) is 0 Å². The van der Waals surface area contributed by atoms with Crippen LogP contribution in [0, 0.1) is 0 Å². The van der Waals surface area contributed by atoms with Crippen molar-refractivity contribution >= 4 is 17.5 Å². The summed E-state index contributed by atoms with van der Waals surface area (Å²) in [7, 11) is 0. The van der Waals surface area contributed by atoms with Gasteiger partial charge in [-0.1, -0.05) is 0 Å². The first-order valence-corrected chi connectivity index (χ1v) is 9.50. The Morgan fingerprint density at radius 1 is 1.22 bits per heavy atom. The number of H-pyrrole nitrogens is 1. The van der Waals surface area contributed by atoms with Crippen LogP contribution in [0.2, 0.25) is 0 Å². The fourth-order valence-corrected chi connectivity index (χ4v) is 3.74. The Balaban J connectivity index is 1.42. The number of aromatic nitrogens is 2. The Bertz CT molecular complexity index is 843. The molecule has 1 saturated heterocycles. The molecule has 7 heteroatoms. The summed E-state index contributed by atoms with van der Waals surface area (Å²) in [6.07, 6.45) is 4.12. The summed E-state index contributed by atoms with van der Waals surface area (Å²) >= 11 is 0. The number of hydrogen-bond donors (Lipinski definition) is 2. The fourth-order valence-electron chi connectivity index (χ4n) is 3.74. The van der Waals surface area contributed by atoms with E-state index in [1.807, 2.05) is 6.92 Å². The third kappa shape index (κ3) is 3.73. The molecule has 2 aliphatic rings. The van der Waals surface area contributed by atoms with Crippen LogP contribution in [0.5, 0.6) is 0 Å². The second-order valence-corrected chi connectivity index (χ2v) is 7.20. The van der Waals surface area contributed by atoms with E-state index in [-0.39, 0.29) is 17.9 Å². The van der Waals surface area contributed by atoms with Gasteiger partial charge in [0.2, 0.25) is 0 Å². The number of carbonyl (C=O) groups excluding carboxylic acids is 2. The zero-order valence-electron chi connectivity index (χ0n) is 15.5. The van der Waals surface area contributed by atoms with E-state index in [0.29, 0.717) is 36.6 Å². The molecule has 1 aromatic heterocycles. The summed E-state index contributed by atoms with van der Waals surface area (Å²) in [6, 6.07) is 7.01. The molecule has 1 aliphatic heterocycles. The summed E-state index contributed by atoms with van der Waals surface area (Å²) in [5, 5.41) is 10.1. The predicted molar refractivity (Wildman–Crippen MR) is 101 cm³/mol. The van der Waals surface area contributed by atoms with Crippen molar-refractivity contribution in [2.75, 3.05) is 25.0 Å². The van der Waals surface area contributed by atoms with E-state index in [9.17, 15) is 9.59 Å². The number of carbonyl (C=O) groups is 2. The van der Waals surface area contributed by atoms with E-state index in [4.69, 9.17) is 4.74 Å². The molecule has 0 radical (unpaired) electrons. The summed E-state index contributed by atoms with van der Waals surface area (Å²) in [4.78, 5) is 27.0. The van der Waals surface area contributed by atoms with Crippen LogP contribution < -0.4 is 5.32 Å². The number of rotatable bonds is 3. The van der Waals surface area contributed by atoms with E-state index in [1.54, 1.807) is 29.2 Å². The SMILES string of the molecule is CC1CN(C(=O)c2ccc(NC(=O)c3n[nH]c4c3CCCC4)cc2)CCO1. The molecule has 0 spiro atoms. The van der Waals surface area contributed by atoms with Crippen LogP contribution in [0.25, 0.3) is 0 Å². The molecule has 1 fully saturated rings. The minimum Gasteiger partial charge on any atom is -0.375 e. The average molecular weight is 368 g/mol. The summed E-state index contributed by atoms with van der Waals surface area (Å²) in [5.41, 5.74) is 3.85. The maximum Gasteiger partial charge on any atom is 0.276 e. The first kappa shape index (κ1) is 17.7. The normalized spacial score (nSPS) is 19.4. The van der Waals surface area contributed by atoms with Crippen molar-refractivity contribution in [2.24, 2.45) is 0 Å². The molecule has 1 aliphatic carbocycles. The summed E-state index contributed by atoms with van der Waals surface area (Å²) in [5.74, 6) is -0.222. The molecular weight excluding hydrogens is 344 g/mol. The van der Waals surface area contributed by atoms with E-state index < -0.39 is 0 Å². The number of hydrogen-bond acceptors (Lipinski definition) is 4. The van der Waals surface area contributed by atoms with Crippen molar-refractivity contribution in [1.82, 2.24) is 15.1 Å². The number of nitrogens with zero attached hydrogens (tertiary/aromatic N) is 2. The molecule has 142 valence electrons. The van der Waals surface area contributed by atoms with Crippen LogP contribution in [-0.2, 0) is 17.6 Å². The molecule has 1 aromatic carbocycles. The van der Waals surface area contributed by atoms with Crippen LogP contribution in [0.3, 0.4) is 0 Å². The van der Waals surface area contributed by atoms with Crippen LogP contribution in [0.1, 0.15) is 51.9 Å². The van der Waals surface area contributed by atoms with Gasteiger partial charge in [-0.3, -0.25) is 14.7 Å². The Morgan fingerprint density at radius 2 is 2.00 bits per heavy atom. The largest absolute Gasteiger partial charge is 0.375 e. The minimum absolute atomic E-state index is 0.00982. The Kier molecular flexibility index (Phi) is 4.94. The number of morpholine rings is 1. The molecule has 27 heavy (non-hydrogen) atoms. The third-order valence-electron chi connectivity index (χ3n) is 5.19. The lowest BCUT2D eigenvalue weighted by atomic mass is 9.96. The van der Waals surface area contributed by atoms with Gasteiger partial charge < -0.3 is 15.0 Å². The van der Waals surface area contributed by atoms with Crippen molar-refractivity contribution in [1.29, 1.82) is 0 Å². The molecular formula is C20H24N4O3. The molecule has 2 amide bonds. The Morgan fingerprint density at radius 3 is 2.78 bits per heavy atom. The van der Waals surface area contributed by atoms with E-state index in [1.165, 1.54) is 0 Å². The van der Waals surface area contributed by atoms with Crippen LogP contribution in [0.15, 0.2) is 24.3 Å². The molecule has 0 saturated carbocycles. The van der Waals surface area contributed by atoms with Crippen molar-refractivity contribution in [3.63, 3.8) is 0 Å². The Labute approximate surface area is 158 Å². The van der Waals surface area contributed by atoms with Gasteiger partial charge >= 0.3 is 0 Å². The molecule has 1 atom stereocenters. The fraction of sp³-hybridized carbons (Fsp3) is 0.450. The summed E-state index contributed by atoms with van der Waals surface area (Å²) in [6.45, 7) is 3.73. The lowest BCUT2D eigenvalue weighted by Gasteiger charge is -2.31. The number of amides is 2. The van der Waals surface area contributed by atoms with Gasteiger partial charge in [-0.05, 0) is 56.9 Å². The van der Waals surface area contributed by atoms with E-state index in [0.717, 1.165) is 36.9 Å². The first-order valence-electron chi connectivity index (χ1n) is 9.50. The van der Waals surface area contributed by atoms with Gasteiger partial charge in [0, 0.05) is 35.6 Å². The van der Waals surface area contributed by atoms with Crippen LogP contribution in [0.4, 0.5) is 5.69 Å². The van der Waals surface area contributed by atoms with Crippen molar-refractivity contribution < 1.29 is 14.3 Å². The Hall–Kier alpha value is -2.67. The number of anilines is 1. The van der Waals surface area contributed by atoms with E-state index >= 15 is 0 Å². The van der Waals surface area contributed by atoms with Gasteiger partial charge in [0.15, 0.2) is 5.69 Å². The van der Waals surface area contributed by atoms with E-state index in [2.05, 4.69) is 15.5 Å². The first-order chi connectivity index (χ1) is 13.1. The molecule has 1 unspecified atom stereocenters. The highest BCUT2D eigenvalue weighted by Gasteiger charge is 2.23. The molecule has 7 nitrogen and oxygen atoms in total. The van der Waals surface area contributed by atoms with Gasteiger partial charge in [-0.2, -0.15) is 5.10 Å². The number of nitrogens with one attached hydrogen (secondary N) is 2. The van der Waals surface area contributed by atoms with Gasteiger partial charge in [0.1, 0.15) is 0 Å². The second-order valence-electron chi connectivity index (χ2n) is 7.20. The highest BCUT2D eigenvalue weighted by molar-refractivity contribution is 6.04. The van der Waals surface area contributed by atoms with Crippen molar-refractivity contribution in [3.8, 4) is 0 Å². The van der Waals surface area contributed by atoms with Gasteiger partial charge in [0.25, 0.3) is 11.8 Å². The zero-order valence-corrected chi connectivity index (χ0v) is 15.5. The summed E-state index contributed by atoms with van der Waals surface area (Å²) < 4.78 is 5.48. The maximum absolute atomic E-state index is 12.6. The zero-order chi connectivity index (χ0) is 18.8. The average Bonchev–Trinajstić information content (AvgIpc) is 3.12. The quantitative estimate of drug-likeness (QED) is 0.871. The molecule has 2 heterocycles. The predicted octanol–water partition coefficient (Wildman–Crippen LogP) is 2.40. The third-order valence-corrected chi connectivity index (χ3v) is 5.19. The minimum atomic E-state index is -0.213. The highest BCUT2D eigenvalue weighted by atomic mass is 16.5. The molecule has 2 N–H and O–H groups in total. The lowest BCUT2D eigenvalue weighted by molar-refractivity contribution is -0.0124. The lowest BCUT2D eigenvalue weighted by Crippen LogP contribution is -2.44. The number of aromatic amines is 1.